The Kier molecular flexibility index (Phi) is 4.17. The molecule has 0 radical (unpaired) electrons. The third-order valence-corrected chi connectivity index (χ3v) is 1.88. The first-order chi connectivity index (χ1) is 7.59. The van der Waals surface area contributed by atoms with Crippen LogP contribution in [-0.2, 0) is 14.4 Å². The van der Waals surface area contributed by atoms with E-state index < -0.39 is 33.7 Å². The fraction of sp³-hybridized carbons (Fsp3) is 0.750. The van der Waals surface area contributed by atoms with Crippen molar-refractivity contribution in [3.8, 4) is 0 Å². The lowest BCUT2D eigenvalue weighted by Gasteiger charge is -2.12. The van der Waals surface area contributed by atoms with Crippen LogP contribution in [0.25, 0.3) is 0 Å². The number of hydrogen-bond acceptors (Lipinski definition) is 4. The molecule has 0 amide bonds. The lowest BCUT2D eigenvalue weighted by atomic mass is 10.3. The molecule has 0 N–H and O–H groups in total. The predicted molar refractivity (Wildman–Crippen MR) is 35.6 cm³/mol. The van der Waals surface area contributed by atoms with Gasteiger partial charge in [-0.15, -0.1) is 0 Å². The highest BCUT2D eigenvalue weighted by atomic mass is 32.2. The Hall–Kier alpha value is -1.21. The van der Waals surface area contributed by atoms with E-state index in [1.165, 1.54) is 0 Å². The molecule has 0 unspecified atom stereocenters. The highest BCUT2D eigenvalue weighted by Crippen LogP contribution is 2.31. The minimum atomic E-state index is -6.70. The Bertz CT molecular complexity index is 410. The van der Waals surface area contributed by atoms with Crippen LogP contribution >= 0.6 is 0 Å². The van der Waals surface area contributed by atoms with Gasteiger partial charge in [0.25, 0.3) is 5.71 Å². The second-order valence-electron chi connectivity index (χ2n) is 2.41. The largest absolute Gasteiger partial charge is 0.536 e. The second kappa shape index (κ2) is 4.47. The molecule has 18 heavy (non-hydrogen) atoms. The van der Waals surface area contributed by atoms with Crippen LogP contribution in [0.15, 0.2) is 5.16 Å². The minimum absolute atomic E-state index is 0.963. The van der Waals surface area contributed by atoms with E-state index in [-0.39, 0.29) is 0 Å². The molecule has 0 saturated heterocycles. The van der Waals surface area contributed by atoms with E-state index in [1.54, 1.807) is 0 Å². The summed E-state index contributed by atoms with van der Waals surface area (Å²) in [5.74, 6) is 0. The van der Waals surface area contributed by atoms with Crippen LogP contribution in [0.2, 0.25) is 0 Å². The number of oxime groups is 1. The Morgan fingerprint density at radius 1 is 0.833 bits per heavy atom. The summed E-state index contributed by atoms with van der Waals surface area (Å²) in [5.41, 5.74) is -9.98. The van der Waals surface area contributed by atoms with Gasteiger partial charge in [-0.25, -0.2) is 0 Å². The fourth-order valence-corrected chi connectivity index (χ4v) is 0.650. The van der Waals surface area contributed by atoms with Crippen molar-refractivity contribution in [2.75, 3.05) is 0 Å². The summed E-state index contributed by atoms with van der Waals surface area (Å²) >= 11 is 0. The van der Waals surface area contributed by atoms with E-state index >= 15 is 0 Å². The van der Waals surface area contributed by atoms with Crippen molar-refractivity contribution in [3.05, 3.63) is 0 Å². The second-order valence-corrected chi connectivity index (χ2v) is 3.93. The zero-order valence-electron chi connectivity index (χ0n) is 7.48. The van der Waals surface area contributed by atoms with Gasteiger partial charge in [-0.3, -0.25) is 4.28 Å². The van der Waals surface area contributed by atoms with Crippen LogP contribution in [0.1, 0.15) is 0 Å². The summed E-state index contributed by atoms with van der Waals surface area (Å²) in [6.45, 7) is 0. The normalized spacial score (nSPS) is 14.3. The van der Waals surface area contributed by atoms with E-state index in [1.807, 2.05) is 0 Å². The van der Waals surface area contributed by atoms with Crippen LogP contribution in [0.5, 0.6) is 0 Å². The van der Waals surface area contributed by atoms with Gasteiger partial charge in [-0.1, -0.05) is 5.16 Å². The molecule has 0 spiro atoms. The SMILES string of the molecule is O=S(=O)(ON=C(C(F)(F)F)C(F)(F)F)C(F)(F)F. The predicted octanol–water partition coefficient (Wildman–Crippen LogP) is 2.33. The van der Waals surface area contributed by atoms with Gasteiger partial charge >= 0.3 is 28.0 Å². The van der Waals surface area contributed by atoms with Gasteiger partial charge in [0.2, 0.25) is 0 Å². The van der Waals surface area contributed by atoms with Crippen LogP contribution < -0.4 is 0 Å². The summed E-state index contributed by atoms with van der Waals surface area (Å²) in [5, 5.41) is 0.963. The van der Waals surface area contributed by atoms with Gasteiger partial charge in [-0.2, -0.15) is 47.9 Å². The van der Waals surface area contributed by atoms with Crippen molar-refractivity contribution < 1.29 is 52.2 Å². The first kappa shape index (κ1) is 16.8. The third-order valence-electron chi connectivity index (χ3n) is 1.05. The summed E-state index contributed by atoms with van der Waals surface area (Å²) in [6.07, 6.45) is -12.5. The molecule has 14 heteroatoms. The maximum Gasteiger partial charge on any atom is 0.536 e. The number of halogens is 9. The molecule has 0 fully saturated rings. The molecule has 4 nitrogen and oxygen atoms in total. The summed E-state index contributed by atoms with van der Waals surface area (Å²) in [6, 6.07) is 0. The van der Waals surface area contributed by atoms with Crippen molar-refractivity contribution in [3.63, 3.8) is 0 Å². The number of hydrogen-bond donors (Lipinski definition) is 0. The number of rotatable bonds is 2. The minimum Gasteiger partial charge on any atom is -0.261 e. The monoisotopic (exact) mass is 313 g/mol. The van der Waals surface area contributed by atoms with Gasteiger partial charge in [0, 0.05) is 0 Å². The molecule has 0 atom stereocenters. The first-order valence-electron chi connectivity index (χ1n) is 3.31. The van der Waals surface area contributed by atoms with Crippen molar-refractivity contribution in [2.45, 2.75) is 17.9 Å². The molecule has 0 aliphatic heterocycles. The topological polar surface area (TPSA) is 55.7 Å². The standard InChI is InChI=1S/C4F9NO3S/c5-2(6,7)1(3(8,9)10)14-17-18(15,16)4(11,12)13. The molecule has 0 aliphatic rings. The zero-order valence-corrected chi connectivity index (χ0v) is 8.30. The lowest BCUT2D eigenvalue weighted by Crippen LogP contribution is -2.38. The van der Waals surface area contributed by atoms with E-state index in [9.17, 15) is 47.9 Å². The van der Waals surface area contributed by atoms with Crippen LogP contribution in [0, 0.1) is 0 Å². The van der Waals surface area contributed by atoms with Crippen LogP contribution in [0.3, 0.4) is 0 Å². The van der Waals surface area contributed by atoms with Crippen LogP contribution in [0.4, 0.5) is 39.5 Å². The smallest absolute Gasteiger partial charge is 0.261 e. The van der Waals surface area contributed by atoms with E-state index in [4.69, 9.17) is 0 Å². The maximum absolute atomic E-state index is 11.7. The number of nitrogens with zero attached hydrogens (tertiary/aromatic N) is 1. The molecule has 108 valence electrons. The first-order valence-corrected chi connectivity index (χ1v) is 4.72. The molecule has 0 heterocycles. The van der Waals surface area contributed by atoms with Gasteiger partial charge in [-0.05, 0) is 0 Å². The average Bonchev–Trinajstić information content (AvgIpc) is 1.95. The fourth-order valence-electron chi connectivity index (χ4n) is 0.393. The molecule has 0 aromatic heterocycles. The highest BCUT2D eigenvalue weighted by molar-refractivity contribution is 7.87. The molecule has 0 aromatic rings. The average molecular weight is 313 g/mol. The van der Waals surface area contributed by atoms with E-state index in [0.717, 1.165) is 5.16 Å². The summed E-state index contributed by atoms with van der Waals surface area (Å²) in [7, 11) is -6.70. The van der Waals surface area contributed by atoms with E-state index in [2.05, 4.69) is 4.28 Å². The van der Waals surface area contributed by atoms with E-state index in [0.29, 0.717) is 0 Å². The van der Waals surface area contributed by atoms with Gasteiger partial charge in [0.15, 0.2) is 0 Å². The van der Waals surface area contributed by atoms with Gasteiger partial charge < -0.3 is 0 Å². The van der Waals surface area contributed by atoms with Gasteiger partial charge in [0.1, 0.15) is 0 Å². The molecular weight excluding hydrogens is 313 g/mol. The quantitative estimate of drug-likeness (QED) is 0.340. The molecule has 0 rings (SSSR count). The molecule has 0 bridgehead atoms. The molecule has 0 saturated carbocycles. The molecule has 0 aliphatic carbocycles. The Balaban J connectivity index is 5.42. The highest BCUT2D eigenvalue weighted by Gasteiger charge is 2.56. The third kappa shape index (κ3) is 4.23. The Labute approximate surface area is 92.1 Å². The molecular formula is C4F9NO3S. The maximum atomic E-state index is 11.7. The van der Waals surface area contributed by atoms with Crippen molar-refractivity contribution >= 4 is 15.8 Å². The molecule has 0 aromatic carbocycles. The summed E-state index contributed by atoms with van der Waals surface area (Å²) in [4.78, 5) is 0. The Morgan fingerprint density at radius 2 is 1.17 bits per heavy atom. The zero-order chi connectivity index (χ0) is 15.0. The van der Waals surface area contributed by atoms with Crippen molar-refractivity contribution in [1.82, 2.24) is 0 Å². The van der Waals surface area contributed by atoms with Crippen LogP contribution in [-0.4, -0.2) is 32.0 Å². The summed E-state index contributed by atoms with van der Waals surface area (Å²) < 4.78 is 127. The van der Waals surface area contributed by atoms with Crippen molar-refractivity contribution in [2.24, 2.45) is 5.16 Å². The number of alkyl halides is 9. The van der Waals surface area contributed by atoms with Gasteiger partial charge in [0.05, 0.1) is 0 Å². The Morgan fingerprint density at radius 3 is 1.39 bits per heavy atom. The van der Waals surface area contributed by atoms with Crippen molar-refractivity contribution in [1.29, 1.82) is 0 Å². The lowest BCUT2D eigenvalue weighted by molar-refractivity contribution is -0.121.